The van der Waals surface area contributed by atoms with E-state index in [-0.39, 0.29) is 11.3 Å². The van der Waals surface area contributed by atoms with E-state index in [1.54, 1.807) is 12.4 Å². The quantitative estimate of drug-likeness (QED) is 0.276. The summed E-state index contributed by atoms with van der Waals surface area (Å²) < 4.78 is 1.84. The minimum atomic E-state index is -0.154. The largest absolute Gasteiger partial charge is 0.369 e. The monoisotopic (exact) mass is 571 g/mol. The van der Waals surface area contributed by atoms with Gasteiger partial charge in [-0.25, -0.2) is 9.67 Å². The standard InChI is InChI=1S/C30H34ClN9O/c1-30(2)10-9-27(41)35-24-7-5-20(17-22(24)30)34-29-32-19-23(31)28(37-29)36-25-8-6-21(39-15-13-38(3)14-16-39)18-26(25)40-12-4-11-33-40/h4-8,11-12,17-19H,9-10,13-16H2,1-3H3,(H,35,41)(H2,32,34,36,37). The molecular weight excluding hydrogens is 538 g/mol. The lowest BCUT2D eigenvalue weighted by Crippen LogP contribution is -2.44. The second kappa shape index (κ2) is 11.0. The highest BCUT2D eigenvalue weighted by Gasteiger charge is 2.29. The van der Waals surface area contributed by atoms with E-state index in [4.69, 9.17) is 16.6 Å². The highest BCUT2D eigenvalue weighted by molar-refractivity contribution is 6.33. The van der Waals surface area contributed by atoms with Gasteiger partial charge in [-0.2, -0.15) is 10.1 Å². The molecule has 2 aromatic carbocycles. The molecule has 0 radical (unpaired) electrons. The van der Waals surface area contributed by atoms with Crippen molar-refractivity contribution in [2.24, 2.45) is 0 Å². The molecule has 11 heteroatoms. The summed E-state index contributed by atoms with van der Waals surface area (Å²) in [6, 6.07) is 14.1. The van der Waals surface area contributed by atoms with E-state index in [0.29, 0.717) is 23.2 Å². The van der Waals surface area contributed by atoms with Gasteiger partial charge in [0.05, 0.1) is 17.6 Å². The summed E-state index contributed by atoms with van der Waals surface area (Å²) in [5, 5.41) is 14.6. The van der Waals surface area contributed by atoms with Crippen molar-refractivity contribution in [2.45, 2.75) is 32.1 Å². The van der Waals surface area contributed by atoms with Gasteiger partial charge >= 0.3 is 0 Å². The minimum absolute atomic E-state index is 0.0420. The van der Waals surface area contributed by atoms with Crippen LogP contribution >= 0.6 is 11.6 Å². The fraction of sp³-hybridized carbons (Fsp3) is 0.333. The zero-order valence-corrected chi connectivity index (χ0v) is 24.2. The van der Waals surface area contributed by atoms with Crippen LogP contribution in [0.2, 0.25) is 5.02 Å². The number of carbonyl (C=O) groups is 1. The summed E-state index contributed by atoms with van der Waals surface area (Å²) in [5.41, 5.74) is 5.45. The van der Waals surface area contributed by atoms with Gasteiger partial charge in [0.25, 0.3) is 0 Å². The van der Waals surface area contributed by atoms with Crippen molar-refractivity contribution in [1.82, 2.24) is 24.6 Å². The van der Waals surface area contributed by atoms with Crippen LogP contribution in [0.15, 0.2) is 61.1 Å². The molecule has 6 rings (SSSR count). The van der Waals surface area contributed by atoms with Crippen LogP contribution in [0.5, 0.6) is 0 Å². The summed E-state index contributed by atoms with van der Waals surface area (Å²) in [5.74, 6) is 0.926. The lowest BCUT2D eigenvalue weighted by atomic mass is 9.80. The van der Waals surface area contributed by atoms with Crippen LogP contribution in [-0.4, -0.2) is 63.8 Å². The van der Waals surface area contributed by atoms with Crippen LogP contribution in [0.3, 0.4) is 0 Å². The lowest BCUT2D eigenvalue weighted by molar-refractivity contribution is -0.116. The van der Waals surface area contributed by atoms with Gasteiger partial charge in [0, 0.05) is 62.1 Å². The molecule has 2 aliphatic heterocycles. The number of piperazine rings is 1. The molecule has 2 aliphatic rings. The fourth-order valence-corrected chi connectivity index (χ4v) is 5.46. The van der Waals surface area contributed by atoms with Gasteiger partial charge in [-0.1, -0.05) is 25.4 Å². The number of nitrogens with zero attached hydrogens (tertiary/aromatic N) is 6. The van der Waals surface area contributed by atoms with Crippen molar-refractivity contribution in [2.75, 3.05) is 54.1 Å². The summed E-state index contributed by atoms with van der Waals surface area (Å²) in [6.07, 6.45) is 6.53. The molecule has 3 N–H and O–H groups in total. The van der Waals surface area contributed by atoms with E-state index < -0.39 is 0 Å². The number of likely N-dealkylation sites (N-methyl/N-ethyl adjacent to an activating group) is 1. The van der Waals surface area contributed by atoms with E-state index in [1.165, 1.54) is 0 Å². The van der Waals surface area contributed by atoms with Crippen molar-refractivity contribution in [3.05, 3.63) is 71.6 Å². The van der Waals surface area contributed by atoms with Crippen molar-refractivity contribution in [3.8, 4) is 5.69 Å². The first-order valence-corrected chi connectivity index (χ1v) is 14.2. The topological polar surface area (TPSA) is 103 Å². The van der Waals surface area contributed by atoms with E-state index in [0.717, 1.165) is 66.6 Å². The van der Waals surface area contributed by atoms with Gasteiger partial charge in [-0.15, -0.1) is 0 Å². The van der Waals surface area contributed by atoms with Crippen molar-refractivity contribution >= 4 is 52.0 Å². The maximum absolute atomic E-state index is 12.2. The van der Waals surface area contributed by atoms with Gasteiger partial charge in [0.15, 0.2) is 5.82 Å². The molecule has 4 aromatic rings. The van der Waals surface area contributed by atoms with Crippen LogP contribution in [0.25, 0.3) is 5.69 Å². The fourth-order valence-electron chi connectivity index (χ4n) is 5.32. The summed E-state index contributed by atoms with van der Waals surface area (Å²) in [7, 11) is 2.15. The molecule has 0 saturated carbocycles. The minimum Gasteiger partial charge on any atom is -0.369 e. The molecule has 212 valence electrons. The number of nitrogens with one attached hydrogen (secondary N) is 3. The molecule has 41 heavy (non-hydrogen) atoms. The van der Waals surface area contributed by atoms with Crippen LogP contribution in [0.4, 0.5) is 34.5 Å². The molecule has 4 heterocycles. The molecule has 0 aliphatic carbocycles. The number of hydrogen-bond donors (Lipinski definition) is 3. The van der Waals surface area contributed by atoms with Crippen LogP contribution in [0, 0.1) is 0 Å². The first-order chi connectivity index (χ1) is 19.7. The number of carbonyl (C=O) groups excluding carboxylic acids is 1. The van der Waals surface area contributed by atoms with Gasteiger partial charge < -0.3 is 25.8 Å². The molecule has 1 amide bonds. The zero-order chi connectivity index (χ0) is 28.6. The summed E-state index contributed by atoms with van der Waals surface area (Å²) in [6.45, 7) is 8.31. The van der Waals surface area contributed by atoms with Crippen LogP contribution < -0.4 is 20.9 Å². The molecule has 1 saturated heterocycles. The maximum atomic E-state index is 12.2. The van der Waals surface area contributed by atoms with Gasteiger partial charge in [-0.05, 0) is 66.9 Å². The molecule has 10 nitrogen and oxygen atoms in total. The number of aromatic nitrogens is 4. The molecule has 1 fully saturated rings. The van der Waals surface area contributed by atoms with E-state index in [2.05, 4.69) is 74.9 Å². The molecule has 0 bridgehead atoms. The Bertz CT molecular complexity index is 1560. The first kappa shape index (κ1) is 27.0. The van der Waals surface area contributed by atoms with Crippen molar-refractivity contribution in [3.63, 3.8) is 0 Å². The van der Waals surface area contributed by atoms with Gasteiger partial charge in [0.1, 0.15) is 5.02 Å². The normalized spacial score (nSPS) is 17.0. The Labute approximate surface area is 244 Å². The highest BCUT2D eigenvalue weighted by Crippen LogP contribution is 2.39. The maximum Gasteiger partial charge on any atom is 0.229 e. The third-order valence-corrected chi connectivity index (χ3v) is 8.13. The van der Waals surface area contributed by atoms with E-state index in [9.17, 15) is 4.79 Å². The molecule has 0 spiro atoms. The smallest absolute Gasteiger partial charge is 0.229 e. The Kier molecular flexibility index (Phi) is 7.27. The average molecular weight is 572 g/mol. The second-order valence-electron chi connectivity index (χ2n) is 11.3. The number of hydrogen-bond acceptors (Lipinski definition) is 8. The lowest BCUT2D eigenvalue weighted by Gasteiger charge is -2.34. The number of amides is 1. The Hall–Kier alpha value is -4.15. The van der Waals surface area contributed by atoms with Gasteiger partial charge in [0.2, 0.25) is 11.9 Å². The Balaban J connectivity index is 1.27. The van der Waals surface area contributed by atoms with E-state index >= 15 is 0 Å². The summed E-state index contributed by atoms with van der Waals surface area (Å²) >= 11 is 6.57. The first-order valence-electron chi connectivity index (χ1n) is 13.8. The molecule has 0 unspecified atom stereocenters. The van der Waals surface area contributed by atoms with Crippen molar-refractivity contribution in [1.29, 1.82) is 0 Å². The zero-order valence-electron chi connectivity index (χ0n) is 23.5. The molecule has 0 atom stereocenters. The third kappa shape index (κ3) is 5.84. The average Bonchev–Trinajstić information content (AvgIpc) is 3.47. The Morgan fingerprint density at radius 3 is 2.66 bits per heavy atom. The number of rotatable bonds is 6. The predicted octanol–water partition coefficient (Wildman–Crippen LogP) is 5.56. The third-order valence-electron chi connectivity index (χ3n) is 7.85. The number of halogens is 1. The SMILES string of the molecule is CN1CCN(c2ccc(Nc3nc(Nc4ccc5c(c4)C(C)(C)CCC(=O)N5)ncc3Cl)c(-n3cccn3)c2)CC1. The Morgan fingerprint density at radius 2 is 1.88 bits per heavy atom. The summed E-state index contributed by atoms with van der Waals surface area (Å²) in [4.78, 5) is 26.0. The molecular formula is C30H34ClN9O. The van der Waals surface area contributed by atoms with Crippen LogP contribution in [0.1, 0.15) is 32.3 Å². The Morgan fingerprint density at radius 1 is 1.05 bits per heavy atom. The van der Waals surface area contributed by atoms with Crippen LogP contribution in [-0.2, 0) is 10.2 Å². The highest BCUT2D eigenvalue weighted by atomic mass is 35.5. The second-order valence-corrected chi connectivity index (χ2v) is 11.7. The number of fused-ring (bicyclic) bond motifs is 1. The van der Waals surface area contributed by atoms with Gasteiger partial charge in [-0.3, -0.25) is 4.79 Å². The predicted molar refractivity (Wildman–Crippen MR) is 164 cm³/mol. The number of benzene rings is 2. The number of anilines is 6. The molecule has 2 aromatic heterocycles. The van der Waals surface area contributed by atoms with Crippen molar-refractivity contribution < 1.29 is 4.79 Å². The van der Waals surface area contributed by atoms with E-state index in [1.807, 2.05) is 35.1 Å².